The van der Waals surface area contributed by atoms with Gasteiger partial charge in [-0.2, -0.15) is 0 Å². The quantitative estimate of drug-likeness (QED) is 0.566. The van der Waals surface area contributed by atoms with Gasteiger partial charge in [0.25, 0.3) is 0 Å². The third-order valence-electron chi connectivity index (χ3n) is 5.56. The SMILES string of the molecule is [NH3+]Cc1cn(C[C@H]2C[C@H]3CC[NH+]2C[C@@H]3C(=O)NC2CC2)nn1. The van der Waals surface area contributed by atoms with E-state index in [4.69, 9.17) is 0 Å². The fraction of sp³-hybridized carbons (Fsp3) is 0.800. The lowest BCUT2D eigenvalue weighted by atomic mass is 9.75. The summed E-state index contributed by atoms with van der Waals surface area (Å²) in [6, 6.07) is 1.05. The zero-order valence-electron chi connectivity index (χ0n) is 13.0. The Labute approximate surface area is 130 Å². The van der Waals surface area contributed by atoms with Crippen LogP contribution in [0.4, 0.5) is 0 Å². The Morgan fingerprint density at radius 1 is 1.45 bits per heavy atom. The summed E-state index contributed by atoms with van der Waals surface area (Å²) in [6.07, 6.45) is 6.67. The van der Waals surface area contributed by atoms with Crippen LogP contribution in [0, 0.1) is 11.8 Å². The Morgan fingerprint density at radius 3 is 2.95 bits per heavy atom. The Balaban J connectivity index is 1.38. The van der Waals surface area contributed by atoms with Crippen molar-refractivity contribution in [1.82, 2.24) is 20.3 Å². The molecule has 1 saturated carbocycles. The number of amides is 1. The van der Waals surface area contributed by atoms with Crippen LogP contribution in [0.1, 0.15) is 31.4 Å². The van der Waals surface area contributed by atoms with E-state index in [9.17, 15) is 4.79 Å². The second-order valence-corrected chi connectivity index (χ2v) is 7.17. The summed E-state index contributed by atoms with van der Waals surface area (Å²) in [6.45, 7) is 3.78. The molecule has 1 aliphatic carbocycles. The summed E-state index contributed by atoms with van der Waals surface area (Å²) in [5, 5.41) is 11.5. The number of carbonyl (C=O) groups excluding carboxylic acids is 1. The maximum atomic E-state index is 12.4. The minimum absolute atomic E-state index is 0.228. The smallest absolute Gasteiger partial charge is 0.229 e. The first-order valence-corrected chi connectivity index (χ1v) is 8.56. The largest absolute Gasteiger partial charge is 0.353 e. The van der Waals surface area contributed by atoms with Gasteiger partial charge in [0.2, 0.25) is 5.91 Å². The van der Waals surface area contributed by atoms with Gasteiger partial charge in [-0.25, -0.2) is 4.68 Å². The van der Waals surface area contributed by atoms with Crippen LogP contribution in [0.2, 0.25) is 0 Å². The molecule has 120 valence electrons. The Bertz CT molecular complexity index is 554. The van der Waals surface area contributed by atoms with Crippen molar-refractivity contribution in [1.29, 1.82) is 0 Å². The number of rotatable bonds is 5. The first-order chi connectivity index (χ1) is 10.7. The molecule has 5 rings (SSSR count). The van der Waals surface area contributed by atoms with Gasteiger partial charge in [-0.05, 0) is 18.8 Å². The van der Waals surface area contributed by atoms with Crippen molar-refractivity contribution in [2.45, 2.75) is 50.9 Å². The second-order valence-electron chi connectivity index (χ2n) is 7.17. The number of nitrogens with zero attached hydrogens (tertiary/aromatic N) is 3. The molecule has 4 aliphatic rings. The molecule has 0 radical (unpaired) electrons. The predicted octanol–water partition coefficient (Wildman–Crippen LogP) is -2.41. The predicted molar refractivity (Wildman–Crippen MR) is 78.5 cm³/mol. The van der Waals surface area contributed by atoms with Gasteiger partial charge >= 0.3 is 0 Å². The molecule has 1 aromatic rings. The molecule has 2 bridgehead atoms. The highest BCUT2D eigenvalue weighted by atomic mass is 16.2. The maximum absolute atomic E-state index is 12.4. The summed E-state index contributed by atoms with van der Waals surface area (Å²) in [7, 11) is 0. The molecule has 4 heterocycles. The summed E-state index contributed by atoms with van der Waals surface area (Å²) in [5.41, 5.74) is 4.80. The third kappa shape index (κ3) is 2.75. The number of fused-ring (bicyclic) bond motifs is 3. The number of quaternary nitrogens is 2. The second kappa shape index (κ2) is 5.62. The average molecular weight is 306 g/mol. The zero-order chi connectivity index (χ0) is 15.1. The number of nitrogens with one attached hydrogen (secondary N) is 2. The van der Waals surface area contributed by atoms with Crippen LogP contribution in [0.15, 0.2) is 6.20 Å². The lowest BCUT2D eigenvalue weighted by Crippen LogP contribution is -3.20. The number of hydrogen-bond acceptors (Lipinski definition) is 3. The molecule has 1 aromatic heterocycles. The average Bonchev–Trinajstić information content (AvgIpc) is 3.24. The van der Waals surface area contributed by atoms with Crippen LogP contribution in [0.3, 0.4) is 0 Å². The van der Waals surface area contributed by atoms with Crippen molar-refractivity contribution < 1.29 is 15.4 Å². The van der Waals surface area contributed by atoms with Crippen LogP contribution in [0.25, 0.3) is 0 Å². The summed E-state index contributed by atoms with van der Waals surface area (Å²) >= 11 is 0. The molecule has 0 aromatic carbocycles. The van der Waals surface area contributed by atoms with Gasteiger partial charge in [-0.3, -0.25) is 4.79 Å². The van der Waals surface area contributed by atoms with E-state index in [1.54, 1.807) is 4.90 Å². The normalized spacial score (nSPS) is 33.9. The number of hydrogen-bond donors (Lipinski definition) is 3. The number of carbonyl (C=O) groups is 1. The monoisotopic (exact) mass is 306 g/mol. The summed E-state index contributed by atoms with van der Waals surface area (Å²) in [5.74, 6) is 1.09. The third-order valence-corrected chi connectivity index (χ3v) is 5.56. The molecule has 4 fully saturated rings. The number of piperidine rings is 3. The van der Waals surface area contributed by atoms with E-state index >= 15 is 0 Å². The molecular formula is C15H26N6O+2. The minimum Gasteiger partial charge on any atom is -0.353 e. The van der Waals surface area contributed by atoms with Crippen molar-refractivity contribution in [3.05, 3.63) is 11.9 Å². The van der Waals surface area contributed by atoms with E-state index in [1.165, 1.54) is 25.8 Å². The van der Waals surface area contributed by atoms with E-state index < -0.39 is 0 Å². The van der Waals surface area contributed by atoms with Gasteiger partial charge in [-0.15, -0.1) is 5.10 Å². The topological polar surface area (TPSA) is 91.9 Å². The highest BCUT2D eigenvalue weighted by Gasteiger charge is 2.47. The molecule has 1 amide bonds. The van der Waals surface area contributed by atoms with Crippen molar-refractivity contribution >= 4 is 5.91 Å². The van der Waals surface area contributed by atoms with E-state index in [1.807, 2.05) is 10.9 Å². The van der Waals surface area contributed by atoms with Crippen LogP contribution in [-0.4, -0.2) is 46.1 Å². The van der Waals surface area contributed by atoms with E-state index in [0.29, 0.717) is 30.5 Å². The Morgan fingerprint density at radius 2 is 2.32 bits per heavy atom. The highest BCUT2D eigenvalue weighted by Crippen LogP contribution is 2.29. The molecular weight excluding hydrogens is 280 g/mol. The van der Waals surface area contributed by atoms with Crippen LogP contribution in [-0.2, 0) is 17.9 Å². The molecule has 4 atom stereocenters. The highest BCUT2D eigenvalue weighted by molar-refractivity contribution is 5.79. The van der Waals surface area contributed by atoms with Crippen LogP contribution in [0.5, 0.6) is 0 Å². The van der Waals surface area contributed by atoms with Crippen molar-refractivity contribution in [3.63, 3.8) is 0 Å². The van der Waals surface area contributed by atoms with Gasteiger partial charge in [0.15, 0.2) is 0 Å². The maximum Gasteiger partial charge on any atom is 0.229 e. The van der Waals surface area contributed by atoms with Crippen LogP contribution < -0.4 is 16.0 Å². The lowest BCUT2D eigenvalue weighted by Gasteiger charge is -2.46. The lowest BCUT2D eigenvalue weighted by molar-refractivity contribution is -0.945. The van der Waals surface area contributed by atoms with E-state index in [2.05, 4.69) is 21.4 Å². The fourth-order valence-electron chi connectivity index (χ4n) is 4.12. The molecule has 5 N–H and O–H groups in total. The molecule has 1 unspecified atom stereocenters. The summed E-state index contributed by atoms with van der Waals surface area (Å²) < 4.78 is 1.96. The van der Waals surface area contributed by atoms with Gasteiger partial charge in [0, 0.05) is 18.9 Å². The molecule has 7 heteroatoms. The number of aromatic nitrogens is 3. The molecule has 7 nitrogen and oxygen atoms in total. The first-order valence-electron chi connectivity index (χ1n) is 8.56. The van der Waals surface area contributed by atoms with Crippen molar-refractivity contribution in [2.24, 2.45) is 11.8 Å². The molecule has 22 heavy (non-hydrogen) atoms. The van der Waals surface area contributed by atoms with Gasteiger partial charge in [-0.1, -0.05) is 5.21 Å². The molecule has 0 spiro atoms. The molecule has 3 aliphatic heterocycles. The fourth-order valence-corrected chi connectivity index (χ4v) is 4.12. The zero-order valence-corrected chi connectivity index (χ0v) is 13.0. The van der Waals surface area contributed by atoms with Gasteiger partial charge < -0.3 is 16.0 Å². The Hall–Kier alpha value is -1.47. The van der Waals surface area contributed by atoms with Crippen molar-refractivity contribution in [3.8, 4) is 0 Å². The molecule has 3 saturated heterocycles. The first kappa shape index (κ1) is 14.1. The van der Waals surface area contributed by atoms with E-state index in [0.717, 1.165) is 25.2 Å². The van der Waals surface area contributed by atoms with Gasteiger partial charge in [0.1, 0.15) is 18.3 Å². The van der Waals surface area contributed by atoms with Gasteiger partial charge in [0.05, 0.1) is 31.7 Å². The van der Waals surface area contributed by atoms with Crippen molar-refractivity contribution in [2.75, 3.05) is 13.1 Å². The van der Waals surface area contributed by atoms with E-state index in [-0.39, 0.29) is 5.92 Å². The summed E-state index contributed by atoms with van der Waals surface area (Å²) in [4.78, 5) is 14.0. The standard InChI is InChI=1S/C15H24N6O/c16-6-12-7-21(19-18-12)8-13-5-10-3-4-20(13)9-14(10)15(22)17-11-1-2-11/h7,10-11,13-14H,1-6,8-9,16H2,(H,17,22)/p+2/t10-,13-,14+/m1/s1. The Kier molecular flexibility index (Phi) is 3.62. The minimum atomic E-state index is 0.228. The van der Waals surface area contributed by atoms with Crippen LogP contribution >= 0.6 is 0 Å².